The lowest BCUT2D eigenvalue weighted by Gasteiger charge is -2.40. The monoisotopic (exact) mass is 479 g/mol. The van der Waals surface area contributed by atoms with Gasteiger partial charge in [-0.05, 0) is 24.3 Å². The number of amides is 2. The molecular formula is C26H30ClN5O2. The van der Waals surface area contributed by atoms with Crippen LogP contribution in [0.15, 0.2) is 48.8 Å². The number of aromatic nitrogens is 3. The molecule has 1 fully saturated rings. The number of fused-ring (bicyclic) bond motifs is 3. The van der Waals surface area contributed by atoms with Crippen LogP contribution in [0, 0.1) is 0 Å². The number of halogens is 1. The van der Waals surface area contributed by atoms with Gasteiger partial charge in [-0.3, -0.25) is 19.3 Å². The highest BCUT2D eigenvalue weighted by atomic mass is 35.5. The van der Waals surface area contributed by atoms with Crippen LogP contribution in [0.5, 0.6) is 0 Å². The number of carbonyl (C=O) groups is 2. The van der Waals surface area contributed by atoms with Gasteiger partial charge in [0.05, 0.1) is 11.3 Å². The normalized spacial score (nSPS) is 19.0. The van der Waals surface area contributed by atoms with Gasteiger partial charge in [0.2, 0.25) is 0 Å². The Morgan fingerprint density at radius 1 is 1.09 bits per heavy atom. The Morgan fingerprint density at radius 2 is 1.76 bits per heavy atom. The molecule has 178 valence electrons. The molecule has 8 heteroatoms. The lowest BCUT2D eigenvalue weighted by atomic mass is 9.90. The molecule has 34 heavy (non-hydrogen) atoms. The summed E-state index contributed by atoms with van der Waals surface area (Å²) in [7, 11) is 1.78. The predicted molar refractivity (Wildman–Crippen MR) is 132 cm³/mol. The van der Waals surface area contributed by atoms with E-state index in [2.05, 4.69) is 30.9 Å². The molecule has 1 atom stereocenters. The second kappa shape index (κ2) is 8.55. The topological polar surface area (TPSA) is 71.3 Å². The average molecular weight is 480 g/mol. The molecule has 7 nitrogen and oxygen atoms in total. The molecule has 3 aromatic rings. The van der Waals surface area contributed by atoms with E-state index in [1.54, 1.807) is 52.1 Å². The highest BCUT2D eigenvalue weighted by molar-refractivity contribution is 6.30. The second-order valence-electron chi connectivity index (χ2n) is 9.30. The first-order valence-electron chi connectivity index (χ1n) is 11.5. The zero-order chi connectivity index (χ0) is 24.8. The van der Waals surface area contributed by atoms with Crippen LogP contribution in [0.25, 0.3) is 0 Å². The van der Waals surface area contributed by atoms with Crippen LogP contribution in [0.3, 0.4) is 0 Å². The summed E-state index contributed by atoms with van der Waals surface area (Å²) in [6.07, 6.45) is 3.30. The molecule has 0 saturated carbocycles. The van der Waals surface area contributed by atoms with Crippen molar-refractivity contribution < 1.29 is 9.59 Å². The van der Waals surface area contributed by atoms with E-state index >= 15 is 0 Å². The van der Waals surface area contributed by atoms with Crippen molar-refractivity contribution in [3.05, 3.63) is 81.9 Å². The smallest absolute Gasteiger partial charge is 0.274 e. The van der Waals surface area contributed by atoms with E-state index < -0.39 is 5.66 Å². The van der Waals surface area contributed by atoms with E-state index in [0.29, 0.717) is 34.9 Å². The maximum atomic E-state index is 14.0. The molecule has 0 radical (unpaired) electrons. The van der Waals surface area contributed by atoms with E-state index in [-0.39, 0.29) is 17.2 Å². The van der Waals surface area contributed by atoms with Crippen molar-refractivity contribution in [2.24, 2.45) is 7.05 Å². The summed E-state index contributed by atoms with van der Waals surface area (Å²) in [5.41, 5.74) is 2.12. The van der Waals surface area contributed by atoms with Crippen molar-refractivity contribution in [1.29, 1.82) is 0 Å². The molecule has 2 amide bonds. The molecule has 0 N–H and O–H groups in total. The molecule has 1 saturated heterocycles. The lowest BCUT2D eigenvalue weighted by Crippen LogP contribution is -2.51. The van der Waals surface area contributed by atoms with Gasteiger partial charge in [0.15, 0.2) is 5.66 Å². The van der Waals surface area contributed by atoms with Gasteiger partial charge in [0, 0.05) is 54.1 Å². The molecular weight excluding hydrogens is 450 g/mol. The molecule has 2 aliphatic rings. The fourth-order valence-corrected chi connectivity index (χ4v) is 4.91. The molecule has 0 aliphatic carbocycles. The largest absolute Gasteiger partial charge is 0.306 e. The van der Waals surface area contributed by atoms with E-state index in [1.165, 1.54) is 0 Å². The number of aryl methyl sites for hydroxylation is 1. The Morgan fingerprint density at radius 3 is 2.38 bits per heavy atom. The third-order valence-corrected chi connectivity index (χ3v) is 6.61. The maximum Gasteiger partial charge on any atom is 0.274 e. The first kappa shape index (κ1) is 24.0. The first-order valence-corrected chi connectivity index (χ1v) is 11.9. The number of pyridine rings is 1. The van der Waals surface area contributed by atoms with Gasteiger partial charge in [0.1, 0.15) is 5.69 Å². The average Bonchev–Trinajstić information content (AvgIpc) is 3.47. The third kappa shape index (κ3) is 3.41. The summed E-state index contributed by atoms with van der Waals surface area (Å²) in [5.74, 6) is -0.287. The SMILES string of the molecule is CC.Cn1nc(C(C)(C)C)cc1C(=O)N1CCN2C(=O)c3ccncc3C21c1ccc(Cl)cc1. The summed E-state index contributed by atoms with van der Waals surface area (Å²) >= 11 is 6.16. The van der Waals surface area contributed by atoms with Crippen molar-refractivity contribution in [2.45, 2.75) is 45.7 Å². The molecule has 4 heterocycles. The van der Waals surface area contributed by atoms with Crippen LogP contribution >= 0.6 is 11.6 Å². The Bertz CT molecular complexity index is 1240. The van der Waals surface area contributed by atoms with E-state index in [4.69, 9.17) is 11.6 Å². The summed E-state index contributed by atoms with van der Waals surface area (Å²) in [5, 5.41) is 5.17. The number of nitrogens with zero attached hydrogens (tertiary/aromatic N) is 5. The van der Waals surface area contributed by atoms with E-state index in [1.807, 2.05) is 32.0 Å². The summed E-state index contributed by atoms with van der Waals surface area (Å²) in [6, 6.07) is 10.9. The van der Waals surface area contributed by atoms with Crippen molar-refractivity contribution in [3.8, 4) is 0 Å². The van der Waals surface area contributed by atoms with Gasteiger partial charge in [0.25, 0.3) is 11.8 Å². The van der Waals surface area contributed by atoms with Crippen LogP contribution in [0.2, 0.25) is 5.02 Å². The summed E-state index contributed by atoms with van der Waals surface area (Å²) in [4.78, 5) is 35.2. The highest BCUT2D eigenvalue weighted by Gasteiger charge is 2.60. The zero-order valence-electron chi connectivity index (χ0n) is 20.5. The van der Waals surface area contributed by atoms with Gasteiger partial charge >= 0.3 is 0 Å². The fourth-order valence-electron chi connectivity index (χ4n) is 4.78. The number of benzene rings is 1. The van der Waals surface area contributed by atoms with Crippen molar-refractivity contribution >= 4 is 23.4 Å². The third-order valence-electron chi connectivity index (χ3n) is 6.36. The van der Waals surface area contributed by atoms with Crippen LogP contribution < -0.4 is 0 Å². The Hall–Kier alpha value is -3.19. The lowest BCUT2D eigenvalue weighted by molar-refractivity contribution is 0.0367. The Kier molecular flexibility index (Phi) is 6.02. The van der Waals surface area contributed by atoms with Gasteiger partial charge in [-0.2, -0.15) is 5.10 Å². The number of rotatable bonds is 2. The van der Waals surface area contributed by atoms with E-state index in [0.717, 1.165) is 11.3 Å². The number of hydrogen-bond donors (Lipinski definition) is 0. The van der Waals surface area contributed by atoms with E-state index in [9.17, 15) is 9.59 Å². The van der Waals surface area contributed by atoms with Gasteiger partial charge in [-0.25, -0.2) is 0 Å². The standard InChI is InChI=1S/C24H24ClN5O2.C2H6/c1-23(2,3)20-13-19(28(4)27-20)22(32)30-12-11-29-21(31)17-9-10-26-14-18(17)24(29,30)15-5-7-16(25)8-6-15;1-2/h5-10,13-14H,11-12H2,1-4H3;1-2H3. The highest BCUT2D eigenvalue weighted by Crippen LogP contribution is 2.50. The minimum Gasteiger partial charge on any atom is -0.306 e. The molecule has 0 bridgehead atoms. The molecule has 5 rings (SSSR count). The predicted octanol–water partition coefficient (Wildman–Crippen LogP) is 4.61. The molecule has 2 aliphatic heterocycles. The summed E-state index contributed by atoms with van der Waals surface area (Å²) in [6.45, 7) is 11.0. The molecule has 1 aromatic carbocycles. The van der Waals surface area contributed by atoms with Gasteiger partial charge in [-0.1, -0.05) is 58.4 Å². The van der Waals surface area contributed by atoms with Crippen molar-refractivity contribution in [1.82, 2.24) is 24.6 Å². The maximum absolute atomic E-state index is 14.0. The van der Waals surface area contributed by atoms with Crippen LogP contribution in [-0.4, -0.2) is 49.5 Å². The van der Waals surface area contributed by atoms with Crippen molar-refractivity contribution in [2.75, 3.05) is 13.1 Å². The minimum atomic E-state index is -1.07. The zero-order valence-corrected chi connectivity index (χ0v) is 21.2. The summed E-state index contributed by atoms with van der Waals surface area (Å²) < 4.78 is 1.63. The van der Waals surface area contributed by atoms with Gasteiger partial charge in [-0.15, -0.1) is 0 Å². The van der Waals surface area contributed by atoms with Crippen LogP contribution in [0.4, 0.5) is 0 Å². The fraction of sp³-hybridized carbons (Fsp3) is 0.385. The number of hydrogen-bond acceptors (Lipinski definition) is 4. The van der Waals surface area contributed by atoms with Gasteiger partial charge < -0.3 is 9.80 Å². The Labute approximate surface area is 205 Å². The molecule has 2 aromatic heterocycles. The van der Waals surface area contributed by atoms with Crippen molar-refractivity contribution in [3.63, 3.8) is 0 Å². The molecule has 0 spiro atoms. The minimum absolute atomic E-state index is 0.104. The Balaban J connectivity index is 0.00000133. The quantitative estimate of drug-likeness (QED) is 0.538. The number of carbonyl (C=O) groups excluding carboxylic acids is 2. The molecule has 1 unspecified atom stereocenters. The second-order valence-corrected chi connectivity index (χ2v) is 9.74. The van der Waals surface area contributed by atoms with Crippen LogP contribution in [-0.2, 0) is 18.1 Å². The van der Waals surface area contributed by atoms with Crippen LogP contribution in [0.1, 0.15) is 72.3 Å². The first-order chi connectivity index (χ1) is 16.2.